The molecule has 1 aromatic heterocycles. The quantitative estimate of drug-likeness (QED) is 0.183. The lowest BCUT2D eigenvalue weighted by molar-refractivity contribution is 0.304. The van der Waals surface area contributed by atoms with E-state index in [4.69, 9.17) is 9.47 Å². The Kier molecular flexibility index (Phi) is 9.05. The second kappa shape index (κ2) is 12.9. The fourth-order valence-corrected chi connectivity index (χ4v) is 4.33. The van der Waals surface area contributed by atoms with E-state index in [0.29, 0.717) is 6.61 Å². The normalized spacial score (nSPS) is 10.9. The van der Waals surface area contributed by atoms with Crippen LogP contribution in [-0.2, 0) is 6.61 Å². The SMILES string of the molecule is CCCCCCCCOc1ccc(-n2c(C)ccc2-c2ccc(OCc3ccccc3)cc2)cc1. The molecule has 0 amide bonds. The molecule has 0 radical (unpaired) electrons. The van der Waals surface area contributed by atoms with Crippen LogP contribution in [0.4, 0.5) is 0 Å². The van der Waals surface area contributed by atoms with Crippen molar-refractivity contribution in [1.82, 2.24) is 4.57 Å². The van der Waals surface area contributed by atoms with Crippen LogP contribution in [0.15, 0.2) is 91.0 Å². The Morgan fingerprint density at radius 2 is 1.29 bits per heavy atom. The summed E-state index contributed by atoms with van der Waals surface area (Å²) in [5.74, 6) is 1.81. The molecular weight excluding hydrogens is 430 g/mol. The van der Waals surface area contributed by atoms with Crippen molar-refractivity contribution in [2.24, 2.45) is 0 Å². The molecule has 0 bridgehead atoms. The van der Waals surface area contributed by atoms with Gasteiger partial charge in [-0.05, 0) is 85.1 Å². The summed E-state index contributed by atoms with van der Waals surface area (Å²) >= 11 is 0. The van der Waals surface area contributed by atoms with Crippen molar-refractivity contribution in [2.75, 3.05) is 6.61 Å². The highest BCUT2D eigenvalue weighted by Crippen LogP contribution is 2.29. The second-order valence-electron chi connectivity index (χ2n) is 9.10. The number of nitrogens with zero attached hydrogens (tertiary/aromatic N) is 1. The fourth-order valence-electron chi connectivity index (χ4n) is 4.33. The van der Waals surface area contributed by atoms with Gasteiger partial charge in [0, 0.05) is 11.4 Å². The van der Waals surface area contributed by atoms with Gasteiger partial charge in [-0.15, -0.1) is 0 Å². The molecule has 4 aromatic rings. The van der Waals surface area contributed by atoms with Crippen LogP contribution in [0.25, 0.3) is 16.9 Å². The minimum Gasteiger partial charge on any atom is -0.494 e. The summed E-state index contributed by atoms with van der Waals surface area (Å²) in [5, 5.41) is 0. The maximum atomic E-state index is 5.97. The van der Waals surface area contributed by atoms with Crippen LogP contribution in [0.2, 0.25) is 0 Å². The predicted molar refractivity (Wildman–Crippen MR) is 146 cm³/mol. The smallest absolute Gasteiger partial charge is 0.119 e. The lowest BCUT2D eigenvalue weighted by Gasteiger charge is -2.14. The van der Waals surface area contributed by atoms with Gasteiger partial charge in [-0.3, -0.25) is 0 Å². The topological polar surface area (TPSA) is 23.4 Å². The van der Waals surface area contributed by atoms with Crippen LogP contribution in [0.5, 0.6) is 11.5 Å². The minimum atomic E-state index is 0.572. The summed E-state index contributed by atoms with van der Waals surface area (Å²) in [6.45, 7) is 5.76. The first kappa shape index (κ1) is 24.7. The highest BCUT2D eigenvalue weighted by Gasteiger charge is 2.10. The second-order valence-corrected chi connectivity index (χ2v) is 9.10. The van der Waals surface area contributed by atoms with Crippen molar-refractivity contribution < 1.29 is 9.47 Å². The molecule has 0 atom stereocenters. The van der Waals surface area contributed by atoms with Gasteiger partial charge < -0.3 is 14.0 Å². The van der Waals surface area contributed by atoms with Gasteiger partial charge in [0.05, 0.1) is 12.3 Å². The van der Waals surface area contributed by atoms with Crippen molar-refractivity contribution in [1.29, 1.82) is 0 Å². The largest absolute Gasteiger partial charge is 0.494 e. The van der Waals surface area contributed by atoms with Crippen LogP contribution >= 0.6 is 0 Å². The molecule has 0 aliphatic heterocycles. The van der Waals surface area contributed by atoms with Crippen molar-refractivity contribution in [3.05, 3.63) is 102 Å². The molecule has 0 aliphatic carbocycles. The van der Waals surface area contributed by atoms with Crippen molar-refractivity contribution in [3.8, 4) is 28.4 Å². The molecule has 3 heteroatoms. The lowest BCUT2D eigenvalue weighted by atomic mass is 10.1. The van der Waals surface area contributed by atoms with Crippen LogP contribution in [-0.4, -0.2) is 11.2 Å². The molecule has 182 valence electrons. The van der Waals surface area contributed by atoms with Gasteiger partial charge in [-0.25, -0.2) is 0 Å². The first-order valence-corrected chi connectivity index (χ1v) is 12.9. The molecule has 0 saturated carbocycles. The molecule has 0 saturated heterocycles. The summed E-state index contributed by atoms with van der Waals surface area (Å²) < 4.78 is 14.2. The highest BCUT2D eigenvalue weighted by atomic mass is 16.5. The molecular formula is C32H37NO2. The third-order valence-electron chi connectivity index (χ3n) is 6.34. The lowest BCUT2D eigenvalue weighted by Crippen LogP contribution is -2.01. The van der Waals surface area contributed by atoms with E-state index < -0.39 is 0 Å². The molecule has 3 nitrogen and oxygen atoms in total. The first-order valence-electron chi connectivity index (χ1n) is 12.9. The van der Waals surface area contributed by atoms with E-state index in [9.17, 15) is 0 Å². The van der Waals surface area contributed by atoms with E-state index in [0.717, 1.165) is 41.5 Å². The van der Waals surface area contributed by atoms with E-state index in [1.54, 1.807) is 0 Å². The fraction of sp³-hybridized carbons (Fsp3) is 0.312. The maximum Gasteiger partial charge on any atom is 0.119 e. The van der Waals surface area contributed by atoms with E-state index >= 15 is 0 Å². The molecule has 1 heterocycles. The zero-order chi connectivity index (χ0) is 24.3. The number of aromatic nitrogens is 1. The van der Waals surface area contributed by atoms with Gasteiger partial charge in [-0.2, -0.15) is 0 Å². The van der Waals surface area contributed by atoms with Gasteiger partial charge in [-0.1, -0.05) is 69.4 Å². The molecule has 4 rings (SSSR count). The Labute approximate surface area is 210 Å². The number of hydrogen-bond donors (Lipinski definition) is 0. The number of hydrogen-bond acceptors (Lipinski definition) is 2. The van der Waals surface area contributed by atoms with Crippen LogP contribution < -0.4 is 9.47 Å². The van der Waals surface area contributed by atoms with E-state index in [-0.39, 0.29) is 0 Å². The molecule has 0 unspecified atom stereocenters. The zero-order valence-corrected chi connectivity index (χ0v) is 21.1. The summed E-state index contributed by atoms with van der Waals surface area (Å²) in [6.07, 6.45) is 7.66. The summed E-state index contributed by atoms with van der Waals surface area (Å²) in [6, 6.07) is 31.4. The average molecular weight is 468 g/mol. The average Bonchev–Trinajstić information content (AvgIpc) is 3.29. The molecule has 0 spiro atoms. The van der Waals surface area contributed by atoms with Gasteiger partial charge >= 0.3 is 0 Å². The Bertz CT molecular complexity index is 1140. The Balaban J connectivity index is 1.36. The Morgan fingerprint density at radius 3 is 2.03 bits per heavy atom. The summed E-state index contributed by atoms with van der Waals surface area (Å²) in [7, 11) is 0. The third-order valence-corrected chi connectivity index (χ3v) is 6.34. The number of rotatable bonds is 13. The van der Waals surface area contributed by atoms with Crippen molar-refractivity contribution in [3.63, 3.8) is 0 Å². The van der Waals surface area contributed by atoms with Crippen molar-refractivity contribution >= 4 is 0 Å². The summed E-state index contributed by atoms with van der Waals surface area (Å²) in [4.78, 5) is 0. The van der Waals surface area contributed by atoms with Crippen molar-refractivity contribution in [2.45, 2.75) is 59.0 Å². The molecule has 0 fully saturated rings. The number of unbranched alkanes of at least 4 members (excludes halogenated alkanes) is 5. The minimum absolute atomic E-state index is 0.572. The first-order chi connectivity index (χ1) is 17.2. The summed E-state index contributed by atoms with van der Waals surface area (Å²) in [5.41, 5.74) is 5.83. The standard InChI is InChI=1S/C32H37NO2/c1-3-4-5-6-7-11-24-34-30-21-17-29(18-22-30)33-26(2)14-23-32(33)28-15-19-31(20-16-28)35-25-27-12-9-8-10-13-27/h8-10,12-23H,3-7,11,24-25H2,1-2H3. The van der Waals surface area contributed by atoms with Gasteiger partial charge in [0.15, 0.2) is 0 Å². The molecule has 0 N–H and O–H groups in total. The van der Waals surface area contributed by atoms with Crippen LogP contribution in [0.1, 0.15) is 56.7 Å². The predicted octanol–water partition coefficient (Wildman–Crippen LogP) is 8.77. The number of benzene rings is 3. The molecule has 3 aromatic carbocycles. The Morgan fingerprint density at radius 1 is 0.629 bits per heavy atom. The Hall–Kier alpha value is -3.46. The van der Waals surface area contributed by atoms with Gasteiger partial charge in [0.2, 0.25) is 0 Å². The van der Waals surface area contributed by atoms with Gasteiger partial charge in [0.1, 0.15) is 18.1 Å². The van der Waals surface area contributed by atoms with Gasteiger partial charge in [0.25, 0.3) is 0 Å². The van der Waals surface area contributed by atoms with E-state index in [1.807, 2.05) is 30.3 Å². The zero-order valence-electron chi connectivity index (χ0n) is 21.1. The van der Waals surface area contributed by atoms with Crippen LogP contribution in [0, 0.1) is 6.92 Å². The molecule has 35 heavy (non-hydrogen) atoms. The highest BCUT2D eigenvalue weighted by molar-refractivity contribution is 5.65. The maximum absolute atomic E-state index is 5.97. The van der Waals surface area contributed by atoms with E-state index in [2.05, 4.69) is 79.1 Å². The van der Waals surface area contributed by atoms with Crippen LogP contribution in [0.3, 0.4) is 0 Å². The molecule has 0 aliphatic rings. The van der Waals surface area contributed by atoms with E-state index in [1.165, 1.54) is 43.4 Å². The number of aryl methyl sites for hydroxylation is 1. The third kappa shape index (κ3) is 7.02. The monoisotopic (exact) mass is 467 g/mol. The number of ether oxygens (including phenoxy) is 2.